The van der Waals surface area contributed by atoms with E-state index in [4.69, 9.17) is 27.9 Å². The van der Waals surface area contributed by atoms with E-state index in [1.54, 1.807) is 12.1 Å². The third-order valence-electron chi connectivity index (χ3n) is 6.96. The van der Waals surface area contributed by atoms with Crippen molar-refractivity contribution < 1.29 is 14.3 Å². The van der Waals surface area contributed by atoms with Crippen molar-refractivity contribution in [3.63, 3.8) is 0 Å². The Kier molecular flexibility index (Phi) is 8.05. The van der Waals surface area contributed by atoms with Crippen molar-refractivity contribution in [1.29, 1.82) is 0 Å². The molecule has 0 N–H and O–H groups in total. The summed E-state index contributed by atoms with van der Waals surface area (Å²) in [6.07, 6.45) is 5.28. The van der Waals surface area contributed by atoms with E-state index < -0.39 is 5.41 Å². The van der Waals surface area contributed by atoms with Crippen molar-refractivity contribution in [3.05, 3.63) is 63.6 Å². The molecule has 2 saturated heterocycles. The monoisotopic (exact) mass is 502 g/mol. The van der Waals surface area contributed by atoms with Gasteiger partial charge in [0, 0.05) is 43.0 Å². The topological polar surface area (TPSA) is 49.9 Å². The lowest BCUT2D eigenvalue weighted by Gasteiger charge is -2.43. The van der Waals surface area contributed by atoms with Crippen molar-refractivity contribution in [2.75, 3.05) is 32.8 Å². The van der Waals surface area contributed by atoms with Crippen LogP contribution in [0.4, 0.5) is 0 Å². The Bertz CT molecular complexity index is 1040. The second kappa shape index (κ2) is 11.0. The van der Waals surface area contributed by atoms with Crippen LogP contribution >= 0.6 is 23.2 Å². The summed E-state index contributed by atoms with van der Waals surface area (Å²) in [4.78, 5) is 30.5. The van der Waals surface area contributed by atoms with Gasteiger partial charge in [-0.15, -0.1) is 0 Å². The molecule has 2 fully saturated rings. The normalized spacial score (nSPS) is 20.8. The fourth-order valence-electron chi connectivity index (χ4n) is 5.02. The molecular weight excluding hydrogens is 471 g/mol. The molecule has 2 aromatic rings. The van der Waals surface area contributed by atoms with Gasteiger partial charge in [0.05, 0.1) is 17.2 Å². The number of ether oxygens (including phenoxy) is 1. The van der Waals surface area contributed by atoms with Crippen molar-refractivity contribution >= 4 is 35.0 Å². The summed E-state index contributed by atoms with van der Waals surface area (Å²) in [6.45, 7) is 5.03. The molecule has 0 saturated carbocycles. The summed E-state index contributed by atoms with van der Waals surface area (Å²) >= 11 is 12.5. The zero-order valence-electron chi connectivity index (χ0n) is 19.7. The summed E-state index contributed by atoms with van der Waals surface area (Å²) in [7, 11) is 0. The number of nitrogens with zero attached hydrogens (tertiary/aromatic N) is 2. The minimum atomic E-state index is -0.461. The van der Waals surface area contributed by atoms with E-state index in [0.29, 0.717) is 41.7 Å². The van der Waals surface area contributed by atoms with Crippen molar-refractivity contribution in [1.82, 2.24) is 9.80 Å². The minimum Gasteiger partial charge on any atom is -0.493 e. The van der Waals surface area contributed by atoms with E-state index in [9.17, 15) is 9.59 Å². The largest absolute Gasteiger partial charge is 0.493 e. The molecule has 5 nitrogen and oxygen atoms in total. The molecule has 2 amide bonds. The van der Waals surface area contributed by atoms with Gasteiger partial charge < -0.3 is 14.5 Å². The molecule has 1 atom stereocenters. The first kappa shape index (κ1) is 24.9. The molecule has 0 bridgehead atoms. The molecule has 0 unspecified atom stereocenters. The number of piperidine rings is 2. The SMILES string of the molecule is Cc1cc(OC[C@@]2(CC(=O)N3CCCCC3)CCCN(C(=O)c3ccccc3Cl)C2)ccc1Cl. The van der Waals surface area contributed by atoms with Gasteiger partial charge in [-0.25, -0.2) is 0 Å². The highest BCUT2D eigenvalue weighted by atomic mass is 35.5. The van der Waals surface area contributed by atoms with E-state index >= 15 is 0 Å². The highest BCUT2D eigenvalue weighted by Crippen LogP contribution is 2.37. The number of carbonyl (C=O) groups is 2. The maximum absolute atomic E-state index is 13.3. The first-order chi connectivity index (χ1) is 16.4. The molecule has 2 heterocycles. The standard InChI is InChI=1S/C27H32Cl2N2O3/c1-20-16-21(10-11-23(20)28)34-19-27(17-25(32)30-13-5-2-6-14-30)12-7-15-31(18-27)26(33)22-8-3-4-9-24(22)29/h3-4,8-11,16H,2,5-7,12-15,17-19H2,1H3/t27-/m1/s1. The second-order valence-electron chi connectivity index (χ2n) is 9.63. The van der Waals surface area contributed by atoms with Crippen LogP contribution in [-0.4, -0.2) is 54.4 Å². The number of amides is 2. The molecule has 2 aromatic carbocycles. The van der Waals surface area contributed by atoms with Crippen LogP contribution in [0.2, 0.25) is 10.0 Å². The van der Waals surface area contributed by atoms with Crippen LogP contribution < -0.4 is 4.74 Å². The van der Waals surface area contributed by atoms with Gasteiger partial charge in [0.2, 0.25) is 5.91 Å². The molecule has 0 aromatic heterocycles. The lowest BCUT2D eigenvalue weighted by molar-refractivity contribution is -0.136. The Hall–Kier alpha value is -2.24. The number of carbonyl (C=O) groups excluding carboxylic acids is 2. The summed E-state index contributed by atoms with van der Waals surface area (Å²) in [5.41, 5.74) is 0.977. The maximum atomic E-state index is 13.3. The molecule has 182 valence electrons. The Morgan fingerprint density at radius 2 is 1.68 bits per heavy atom. The molecule has 0 radical (unpaired) electrons. The summed E-state index contributed by atoms with van der Waals surface area (Å²) in [5.74, 6) is 0.784. The van der Waals surface area contributed by atoms with Crippen molar-refractivity contribution in [3.8, 4) is 5.75 Å². The molecular formula is C27H32Cl2N2O3. The van der Waals surface area contributed by atoms with Crippen LogP contribution in [0.15, 0.2) is 42.5 Å². The van der Waals surface area contributed by atoms with Gasteiger partial charge in [-0.05, 0) is 74.9 Å². The number of benzene rings is 2. The average molecular weight is 503 g/mol. The van der Waals surface area contributed by atoms with Crippen molar-refractivity contribution in [2.45, 2.75) is 45.4 Å². The third-order valence-corrected chi connectivity index (χ3v) is 7.72. The minimum absolute atomic E-state index is 0.0950. The molecule has 0 spiro atoms. The van der Waals surface area contributed by atoms with Gasteiger partial charge in [0.1, 0.15) is 5.75 Å². The van der Waals surface area contributed by atoms with Gasteiger partial charge in [-0.2, -0.15) is 0 Å². The van der Waals surface area contributed by atoms with Crippen molar-refractivity contribution in [2.24, 2.45) is 5.41 Å². The average Bonchev–Trinajstić information content (AvgIpc) is 2.85. The third kappa shape index (κ3) is 5.87. The Labute approximate surface area is 212 Å². The summed E-state index contributed by atoms with van der Waals surface area (Å²) < 4.78 is 6.24. The van der Waals surface area contributed by atoms with Gasteiger partial charge in [-0.1, -0.05) is 35.3 Å². The summed E-state index contributed by atoms with van der Waals surface area (Å²) in [6, 6.07) is 12.7. The van der Waals surface area contributed by atoms with Crippen LogP contribution in [0.1, 0.15) is 54.4 Å². The van der Waals surface area contributed by atoms with E-state index in [0.717, 1.165) is 50.1 Å². The first-order valence-corrected chi connectivity index (χ1v) is 12.8. The van der Waals surface area contributed by atoms with Gasteiger partial charge in [-0.3, -0.25) is 9.59 Å². The Balaban J connectivity index is 1.55. The molecule has 34 heavy (non-hydrogen) atoms. The fraction of sp³-hybridized carbons (Fsp3) is 0.481. The molecule has 2 aliphatic rings. The lowest BCUT2D eigenvalue weighted by atomic mass is 9.77. The van der Waals surface area contributed by atoms with E-state index in [2.05, 4.69) is 0 Å². The number of hydrogen-bond acceptors (Lipinski definition) is 3. The molecule has 0 aliphatic carbocycles. The van der Waals surface area contributed by atoms with Gasteiger partial charge in [0.25, 0.3) is 5.91 Å². The zero-order chi connectivity index (χ0) is 24.1. The van der Waals surface area contributed by atoms with Crippen LogP contribution in [0.25, 0.3) is 0 Å². The van der Waals surface area contributed by atoms with Crippen LogP contribution in [0.5, 0.6) is 5.75 Å². The van der Waals surface area contributed by atoms with E-state index in [1.807, 2.05) is 47.1 Å². The number of rotatable bonds is 6. The van der Waals surface area contributed by atoms with Crippen LogP contribution in [-0.2, 0) is 4.79 Å². The first-order valence-electron chi connectivity index (χ1n) is 12.1. The fourth-order valence-corrected chi connectivity index (χ4v) is 5.35. The summed E-state index contributed by atoms with van der Waals surface area (Å²) in [5, 5.41) is 1.14. The van der Waals surface area contributed by atoms with Gasteiger partial charge in [0.15, 0.2) is 0 Å². The molecule has 2 aliphatic heterocycles. The number of halogens is 2. The number of hydrogen-bond donors (Lipinski definition) is 0. The highest BCUT2D eigenvalue weighted by molar-refractivity contribution is 6.33. The van der Waals surface area contributed by atoms with Gasteiger partial charge >= 0.3 is 0 Å². The highest BCUT2D eigenvalue weighted by Gasteiger charge is 2.41. The number of aryl methyl sites for hydroxylation is 1. The maximum Gasteiger partial charge on any atom is 0.255 e. The predicted molar refractivity (Wildman–Crippen MR) is 136 cm³/mol. The van der Waals surface area contributed by atoms with E-state index in [-0.39, 0.29) is 11.8 Å². The second-order valence-corrected chi connectivity index (χ2v) is 10.4. The molecule has 7 heteroatoms. The lowest BCUT2D eigenvalue weighted by Crippen LogP contribution is -2.51. The quantitative estimate of drug-likeness (QED) is 0.486. The van der Waals surface area contributed by atoms with Crippen LogP contribution in [0.3, 0.4) is 0 Å². The smallest absolute Gasteiger partial charge is 0.255 e. The van der Waals surface area contributed by atoms with E-state index in [1.165, 1.54) is 6.42 Å². The zero-order valence-corrected chi connectivity index (χ0v) is 21.2. The number of likely N-dealkylation sites (tertiary alicyclic amines) is 2. The molecule has 4 rings (SSSR count). The van der Waals surface area contributed by atoms with Crippen LogP contribution in [0, 0.1) is 12.3 Å². The Morgan fingerprint density at radius 1 is 0.941 bits per heavy atom. The Morgan fingerprint density at radius 3 is 2.41 bits per heavy atom. The predicted octanol–water partition coefficient (Wildman–Crippen LogP) is 6.01.